The molecule has 31 heavy (non-hydrogen) atoms. The Morgan fingerprint density at radius 3 is 2.71 bits per heavy atom. The lowest BCUT2D eigenvalue weighted by atomic mass is 9.73. The van der Waals surface area contributed by atoms with Crippen LogP contribution in [0.3, 0.4) is 0 Å². The summed E-state index contributed by atoms with van der Waals surface area (Å²) in [6.07, 6.45) is 3.21. The van der Waals surface area contributed by atoms with Gasteiger partial charge in [0.05, 0.1) is 16.5 Å². The van der Waals surface area contributed by atoms with Crippen LogP contribution in [-0.4, -0.2) is 39.0 Å². The van der Waals surface area contributed by atoms with Gasteiger partial charge in [0, 0.05) is 47.8 Å². The van der Waals surface area contributed by atoms with Gasteiger partial charge < -0.3 is 5.11 Å². The summed E-state index contributed by atoms with van der Waals surface area (Å²) in [6, 6.07) is 16.4. The summed E-state index contributed by atoms with van der Waals surface area (Å²) >= 11 is 0. The molecule has 0 radical (unpaired) electrons. The van der Waals surface area contributed by atoms with Crippen LogP contribution in [0.25, 0.3) is 10.9 Å². The molecule has 3 fully saturated rings. The standard InChI is InChI=1S/C25H23N3O3/c29-25(22-11-13-26-23-4-2-1-3-21(22)23)24-15-18-12-14-27(24)16-19(18)8-5-17-6-9-20(10-7-17)28(30)31/h1-4,6-7,9-11,13,18-19,24-25,29H,12,14-16H2/t18-,19-,24-,25+/m0/s1. The van der Waals surface area contributed by atoms with Crippen molar-refractivity contribution in [1.82, 2.24) is 9.88 Å². The molecule has 0 amide bonds. The number of piperidine rings is 3. The predicted octanol–water partition coefficient (Wildman–Crippen LogP) is 3.94. The number of pyridine rings is 1. The van der Waals surface area contributed by atoms with Crippen LogP contribution in [-0.2, 0) is 0 Å². The summed E-state index contributed by atoms with van der Waals surface area (Å²) in [5, 5.41) is 23.1. The van der Waals surface area contributed by atoms with E-state index in [1.165, 1.54) is 12.1 Å². The second-order valence-electron chi connectivity index (χ2n) is 8.39. The van der Waals surface area contributed by atoms with Gasteiger partial charge in [-0.25, -0.2) is 0 Å². The highest BCUT2D eigenvalue weighted by Crippen LogP contribution is 2.41. The SMILES string of the molecule is O=[N+]([O-])c1ccc(C#C[C@H]2CN3CC[C@H]2C[C@H]3[C@H](O)c2ccnc3ccccc23)cc1. The Labute approximate surface area is 180 Å². The Bertz CT molecular complexity index is 1180. The maximum absolute atomic E-state index is 11.3. The highest BCUT2D eigenvalue weighted by Gasteiger charge is 2.42. The van der Waals surface area contributed by atoms with Crippen LogP contribution in [0.4, 0.5) is 5.69 Å². The predicted molar refractivity (Wildman–Crippen MR) is 118 cm³/mol. The molecule has 3 aliphatic rings. The summed E-state index contributed by atoms with van der Waals surface area (Å²) in [6.45, 7) is 1.82. The van der Waals surface area contributed by atoms with Gasteiger partial charge in [-0.2, -0.15) is 0 Å². The highest BCUT2D eigenvalue weighted by atomic mass is 16.6. The lowest BCUT2D eigenvalue weighted by molar-refractivity contribution is -0.384. The van der Waals surface area contributed by atoms with E-state index in [0.29, 0.717) is 5.92 Å². The van der Waals surface area contributed by atoms with E-state index < -0.39 is 11.0 Å². The van der Waals surface area contributed by atoms with Gasteiger partial charge in [0.1, 0.15) is 0 Å². The topological polar surface area (TPSA) is 79.5 Å². The Morgan fingerprint density at radius 1 is 1.16 bits per heavy atom. The van der Waals surface area contributed by atoms with Crippen molar-refractivity contribution in [2.75, 3.05) is 13.1 Å². The van der Waals surface area contributed by atoms with E-state index in [-0.39, 0.29) is 17.6 Å². The third kappa shape index (κ3) is 3.78. The van der Waals surface area contributed by atoms with Gasteiger partial charge in [-0.1, -0.05) is 30.0 Å². The van der Waals surface area contributed by atoms with Gasteiger partial charge in [0.15, 0.2) is 0 Å². The van der Waals surface area contributed by atoms with Crippen molar-refractivity contribution in [3.05, 3.63) is 82.0 Å². The van der Waals surface area contributed by atoms with Crippen LogP contribution in [0.15, 0.2) is 60.8 Å². The summed E-state index contributed by atoms with van der Waals surface area (Å²) < 4.78 is 0. The molecule has 0 aliphatic carbocycles. The number of nitro benzene ring substituents is 1. The summed E-state index contributed by atoms with van der Waals surface area (Å²) in [7, 11) is 0. The minimum atomic E-state index is -0.556. The molecule has 1 N–H and O–H groups in total. The number of hydrogen-bond donors (Lipinski definition) is 1. The van der Waals surface area contributed by atoms with Crippen molar-refractivity contribution in [2.45, 2.75) is 25.0 Å². The van der Waals surface area contributed by atoms with Gasteiger partial charge in [0.25, 0.3) is 5.69 Å². The van der Waals surface area contributed by atoms with Crippen molar-refractivity contribution in [1.29, 1.82) is 0 Å². The summed E-state index contributed by atoms with van der Waals surface area (Å²) in [5.74, 6) is 7.29. The smallest absolute Gasteiger partial charge is 0.269 e. The molecule has 3 aliphatic heterocycles. The number of hydrogen-bond acceptors (Lipinski definition) is 5. The molecule has 156 valence electrons. The summed E-state index contributed by atoms with van der Waals surface area (Å²) in [4.78, 5) is 17.2. The average molecular weight is 413 g/mol. The molecule has 0 spiro atoms. The Balaban J connectivity index is 1.33. The van der Waals surface area contributed by atoms with Crippen molar-refractivity contribution in [2.24, 2.45) is 11.8 Å². The van der Waals surface area contributed by atoms with Crippen molar-refractivity contribution < 1.29 is 10.0 Å². The van der Waals surface area contributed by atoms with E-state index in [1.807, 2.05) is 30.3 Å². The maximum atomic E-state index is 11.3. The lowest BCUT2D eigenvalue weighted by Gasteiger charge is -2.50. The average Bonchev–Trinajstić information content (AvgIpc) is 2.82. The van der Waals surface area contributed by atoms with E-state index in [4.69, 9.17) is 0 Å². The first-order valence-corrected chi connectivity index (χ1v) is 10.6. The van der Waals surface area contributed by atoms with Gasteiger partial charge in [0.2, 0.25) is 0 Å². The number of rotatable bonds is 3. The Hall–Kier alpha value is -3.27. The van der Waals surface area contributed by atoms with Crippen LogP contribution in [0.2, 0.25) is 0 Å². The third-order valence-corrected chi connectivity index (χ3v) is 6.65. The van der Waals surface area contributed by atoms with Gasteiger partial charge >= 0.3 is 0 Å². The fraction of sp³-hybridized carbons (Fsp3) is 0.320. The number of aliphatic hydroxyl groups excluding tert-OH is 1. The first kappa shape index (κ1) is 19.7. The number of aliphatic hydroxyl groups is 1. The molecule has 1 unspecified atom stereocenters. The van der Waals surface area contributed by atoms with E-state index in [2.05, 4.69) is 21.7 Å². The number of non-ortho nitro benzene ring substituents is 1. The zero-order valence-corrected chi connectivity index (χ0v) is 17.0. The molecule has 2 aromatic carbocycles. The van der Waals surface area contributed by atoms with E-state index >= 15 is 0 Å². The molecule has 6 heteroatoms. The largest absolute Gasteiger partial charge is 0.387 e. The number of nitro groups is 1. The minimum absolute atomic E-state index is 0.0776. The first-order chi connectivity index (χ1) is 15.1. The zero-order valence-electron chi connectivity index (χ0n) is 17.0. The van der Waals surface area contributed by atoms with Crippen molar-refractivity contribution >= 4 is 16.6 Å². The fourth-order valence-corrected chi connectivity index (χ4v) is 4.99. The third-order valence-electron chi connectivity index (χ3n) is 6.65. The van der Waals surface area contributed by atoms with E-state index in [1.54, 1.807) is 18.3 Å². The number of benzene rings is 2. The molecule has 3 saturated heterocycles. The van der Waals surface area contributed by atoms with Crippen LogP contribution in [0, 0.1) is 33.8 Å². The van der Waals surface area contributed by atoms with Crippen LogP contribution >= 0.6 is 0 Å². The molecule has 4 heterocycles. The van der Waals surface area contributed by atoms with Crippen molar-refractivity contribution in [3.63, 3.8) is 0 Å². The first-order valence-electron chi connectivity index (χ1n) is 10.6. The monoisotopic (exact) mass is 413 g/mol. The van der Waals surface area contributed by atoms with Gasteiger partial charge in [-0.3, -0.25) is 20.0 Å². The molecule has 3 aromatic rings. The van der Waals surface area contributed by atoms with Crippen LogP contribution in [0.5, 0.6) is 0 Å². The van der Waals surface area contributed by atoms with Crippen LogP contribution < -0.4 is 0 Å². The molecular formula is C25H23N3O3. The van der Waals surface area contributed by atoms with Crippen LogP contribution in [0.1, 0.15) is 30.1 Å². The number of nitrogens with zero attached hydrogens (tertiary/aromatic N) is 3. The van der Waals surface area contributed by atoms with Gasteiger partial charge in [-0.05, 0) is 55.1 Å². The molecular weight excluding hydrogens is 390 g/mol. The Morgan fingerprint density at radius 2 is 1.97 bits per heavy atom. The molecule has 5 atom stereocenters. The lowest BCUT2D eigenvalue weighted by Crippen LogP contribution is -2.55. The normalized spacial score (nSPS) is 25.6. The highest BCUT2D eigenvalue weighted by molar-refractivity contribution is 5.82. The quantitative estimate of drug-likeness (QED) is 0.400. The number of aromatic nitrogens is 1. The number of fused-ring (bicyclic) bond motifs is 4. The maximum Gasteiger partial charge on any atom is 0.269 e. The zero-order chi connectivity index (χ0) is 21.4. The molecule has 1 aromatic heterocycles. The van der Waals surface area contributed by atoms with E-state index in [0.717, 1.165) is 48.0 Å². The van der Waals surface area contributed by atoms with Gasteiger partial charge in [-0.15, -0.1) is 0 Å². The molecule has 6 rings (SSSR count). The summed E-state index contributed by atoms with van der Waals surface area (Å²) in [5.41, 5.74) is 2.72. The molecule has 2 bridgehead atoms. The number of para-hydroxylation sites is 1. The second-order valence-corrected chi connectivity index (χ2v) is 8.39. The molecule has 0 saturated carbocycles. The minimum Gasteiger partial charge on any atom is -0.387 e. The Kier molecular flexibility index (Phi) is 5.14. The fourth-order valence-electron chi connectivity index (χ4n) is 4.99. The molecule has 6 nitrogen and oxygen atoms in total. The second kappa shape index (κ2) is 8.10. The van der Waals surface area contributed by atoms with E-state index in [9.17, 15) is 15.2 Å². The van der Waals surface area contributed by atoms with Crippen molar-refractivity contribution in [3.8, 4) is 11.8 Å².